The molecule has 3 atom stereocenters. The maximum Gasteiger partial charge on any atom is 0.237 e. The molecule has 3 nitrogen and oxygen atoms in total. The number of imide groups is 1. The van der Waals surface area contributed by atoms with Crippen molar-refractivity contribution in [3.05, 3.63) is 65.2 Å². The summed E-state index contributed by atoms with van der Waals surface area (Å²) in [6.07, 6.45) is 0.692. The Morgan fingerprint density at radius 1 is 0.885 bits per heavy atom. The number of carbonyl (C=O) groups is 2. The fraction of sp³-hybridized carbons (Fsp3) is 0.391. The van der Waals surface area contributed by atoms with Gasteiger partial charge in [0.1, 0.15) is 0 Å². The van der Waals surface area contributed by atoms with Crippen molar-refractivity contribution in [3.8, 4) is 0 Å². The molecule has 2 aromatic carbocycles. The summed E-state index contributed by atoms with van der Waals surface area (Å²) < 4.78 is 0. The summed E-state index contributed by atoms with van der Waals surface area (Å²) in [6.45, 7) is 8.06. The Hall–Kier alpha value is -2.42. The number of hydrogen-bond donors (Lipinski definition) is 0. The van der Waals surface area contributed by atoms with Crippen molar-refractivity contribution < 1.29 is 9.59 Å². The number of nitrogens with zero attached hydrogens (tertiary/aromatic N) is 1. The van der Waals surface area contributed by atoms with Crippen molar-refractivity contribution >= 4 is 17.5 Å². The van der Waals surface area contributed by atoms with E-state index in [1.807, 2.05) is 38.1 Å². The molecule has 1 aliphatic heterocycles. The maximum atomic E-state index is 12.9. The zero-order valence-corrected chi connectivity index (χ0v) is 15.3. The van der Waals surface area contributed by atoms with Gasteiger partial charge in [0, 0.05) is 5.92 Å². The highest BCUT2D eigenvalue weighted by Gasteiger charge is 2.45. The summed E-state index contributed by atoms with van der Waals surface area (Å²) in [6, 6.07) is 16.0. The molecule has 0 spiro atoms. The lowest BCUT2D eigenvalue weighted by atomic mass is 9.84. The predicted octanol–water partition coefficient (Wildman–Crippen LogP) is 5.26. The fourth-order valence-electron chi connectivity index (χ4n) is 3.53. The molecule has 0 saturated carbocycles. The zero-order chi connectivity index (χ0) is 18.1. The number of rotatable bonds is 4. The molecular weight excluding hydrogens is 322 g/mol. The van der Waals surface area contributed by atoms with Crippen LogP contribution in [0.5, 0.6) is 0 Å². The van der Waals surface area contributed by atoms with E-state index in [1.165, 1.54) is 16.0 Å². The highest BCUT2D eigenvalue weighted by molar-refractivity contribution is 6.21. The molecule has 0 bridgehead atoms. The number of carbonyl (C=O) groups excluding carboxylic acids is 2. The summed E-state index contributed by atoms with van der Waals surface area (Å²) in [7, 11) is 0. The van der Waals surface area contributed by atoms with Crippen LogP contribution in [0.4, 0.5) is 5.69 Å². The molecule has 0 radical (unpaired) electrons. The molecular formula is C23H29NO2. The average molecular weight is 351 g/mol. The van der Waals surface area contributed by atoms with Crippen molar-refractivity contribution in [2.24, 2.45) is 11.8 Å². The number of hydrogen-bond acceptors (Lipinski definition) is 2. The van der Waals surface area contributed by atoms with Gasteiger partial charge in [-0.25, -0.2) is 0 Å². The molecule has 0 aromatic heterocycles. The van der Waals surface area contributed by atoms with Gasteiger partial charge in [-0.2, -0.15) is 0 Å². The van der Waals surface area contributed by atoms with Crippen LogP contribution in [-0.2, 0) is 9.59 Å². The Morgan fingerprint density at radius 2 is 1.38 bits per heavy atom. The van der Waals surface area contributed by atoms with Crippen LogP contribution in [0, 0.1) is 25.7 Å². The zero-order valence-electron chi connectivity index (χ0n) is 15.3. The van der Waals surface area contributed by atoms with Gasteiger partial charge in [0.15, 0.2) is 0 Å². The third-order valence-electron chi connectivity index (χ3n) is 5.30. The van der Waals surface area contributed by atoms with E-state index < -0.39 is 0 Å². The molecule has 138 valence electrons. The van der Waals surface area contributed by atoms with E-state index in [0.717, 1.165) is 5.56 Å². The molecule has 1 saturated heterocycles. The van der Waals surface area contributed by atoms with E-state index in [0.29, 0.717) is 12.1 Å². The highest BCUT2D eigenvalue weighted by atomic mass is 16.2. The van der Waals surface area contributed by atoms with Crippen LogP contribution in [0.2, 0.25) is 0 Å². The van der Waals surface area contributed by atoms with E-state index >= 15 is 0 Å². The van der Waals surface area contributed by atoms with Crippen molar-refractivity contribution in [3.63, 3.8) is 0 Å². The molecule has 3 rings (SSSR count). The highest BCUT2D eigenvalue weighted by Crippen LogP contribution is 2.36. The van der Waals surface area contributed by atoms with E-state index in [4.69, 9.17) is 0 Å². The van der Waals surface area contributed by atoms with Gasteiger partial charge in [0.2, 0.25) is 11.8 Å². The van der Waals surface area contributed by atoms with Crippen molar-refractivity contribution in [1.82, 2.24) is 0 Å². The lowest BCUT2D eigenvalue weighted by Crippen LogP contribution is -2.30. The van der Waals surface area contributed by atoms with Crippen molar-refractivity contribution in [2.75, 3.05) is 4.90 Å². The molecule has 1 aliphatic rings. The molecule has 0 aliphatic carbocycles. The Balaban J connectivity index is 0.00000243. The summed E-state index contributed by atoms with van der Waals surface area (Å²) in [5.74, 6) is -0.454. The SMILES string of the molecule is C.Cc1ccc(C(C)CC2C(=O)N(c3ccc(C)cc3)C(=O)C2C)cc1. The van der Waals surface area contributed by atoms with Crippen LogP contribution < -0.4 is 4.90 Å². The summed E-state index contributed by atoms with van der Waals surface area (Å²) in [5, 5.41) is 0. The Labute approximate surface area is 157 Å². The topological polar surface area (TPSA) is 37.4 Å². The van der Waals surface area contributed by atoms with Gasteiger partial charge in [0.25, 0.3) is 0 Å². The second-order valence-electron chi connectivity index (χ2n) is 7.29. The molecule has 26 heavy (non-hydrogen) atoms. The molecule has 0 N–H and O–H groups in total. The first-order chi connectivity index (χ1) is 11.9. The van der Waals surface area contributed by atoms with Crippen molar-refractivity contribution in [2.45, 2.75) is 47.5 Å². The molecule has 1 heterocycles. The number of benzene rings is 2. The number of aryl methyl sites for hydroxylation is 2. The van der Waals surface area contributed by atoms with Gasteiger partial charge in [-0.3, -0.25) is 14.5 Å². The Morgan fingerprint density at radius 3 is 1.92 bits per heavy atom. The van der Waals surface area contributed by atoms with Crippen LogP contribution in [0.3, 0.4) is 0 Å². The molecule has 3 unspecified atom stereocenters. The maximum absolute atomic E-state index is 12.9. The normalized spacial score (nSPS) is 20.8. The lowest BCUT2D eigenvalue weighted by Gasteiger charge is -2.18. The second-order valence-corrected chi connectivity index (χ2v) is 7.29. The van der Waals surface area contributed by atoms with Gasteiger partial charge in [0.05, 0.1) is 11.6 Å². The first kappa shape index (κ1) is 19.9. The van der Waals surface area contributed by atoms with E-state index in [1.54, 1.807) is 0 Å². The largest absolute Gasteiger partial charge is 0.274 e. The summed E-state index contributed by atoms with van der Waals surface area (Å²) >= 11 is 0. The van der Waals surface area contributed by atoms with Gasteiger partial charge >= 0.3 is 0 Å². The van der Waals surface area contributed by atoms with Crippen LogP contribution in [0.25, 0.3) is 0 Å². The van der Waals surface area contributed by atoms with Gasteiger partial charge < -0.3 is 0 Å². The summed E-state index contributed by atoms with van der Waals surface area (Å²) in [5.41, 5.74) is 4.23. The summed E-state index contributed by atoms with van der Waals surface area (Å²) in [4.78, 5) is 27.0. The van der Waals surface area contributed by atoms with Gasteiger partial charge in [-0.05, 0) is 43.9 Å². The van der Waals surface area contributed by atoms with Gasteiger partial charge in [-0.1, -0.05) is 68.8 Å². The first-order valence-electron chi connectivity index (χ1n) is 8.89. The monoisotopic (exact) mass is 351 g/mol. The Bertz CT molecular complexity index is 777. The minimum atomic E-state index is -0.276. The van der Waals surface area contributed by atoms with E-state index in [-0.39, 0.29) is 37.0 Å². The van der Waals surface area contributed by atoms with Gasteiger partial charge in [-0.15, -0.1) is 0 Å². The first-order valence-corrected chi connectivity index (χ1v) is 8.89. The lowest BCUT2D eigenvalue weighted by molar-refractivity contribution is -0.122. The average Bonchev–Trinajstić information content (AvgIpc) is 2.80. The van der Waals surface area contributed by atoms with E-state index in [9.17, 15) is 9.59 Å². The quantitative estimate of drug-likeness (QED) is 0.705. The third-order valence-corrected chi connectivity index (χ3v) is 5.30. The fourth-order valence-corrected chi connectivity index (χ4v) is 3.53. The minimum absolute atomic E-state index is 0. The van der Waals surface area contributed by atoms with E-state index in [2.05, 4.69) is 38.1 Å². The number of amides is 2. The standard InChI is InChI=1S/C22H25NO2.CH4/c1-14-5-9-18(10-6-14)16(3)13-20-17(4)21(24)23(22(20)25)19-11-7-15(2)8-12-19;/h5-12,16-17,20H,13H2,1-4H3;1H4. The predicted molar refractivity (Wildman–Crippen MR) is 107 cm³/mol. The third kappa shape index (κ3) is 3.72. The molecule has 2 amide bonds. The van der Waals surface area contributed by atoms with Crippen LogP contribution in [0.15, 0.2) is 48.5 Å². The number of anilines is 1. The molecule has 2 aromatic rings. The minimum Gasteiger partial charge on any atom is -0.274 e. The van der Waals surface area contributed by atoms with Crippen LogP contribution in [0.1, 0.15) is 50.3 Å². The van der Waals surface area contributed by atoms with Crippen LogP contribution >= 0.6 is 0 Å². The molecule has 1 fully saturated rings. The second kappa shape index (κ2) is 7.86. The van der Waals surface area contributed by atoms with Crippen molar-refractivity contribution in [1.29, 1.82) is 0 Å². The van der Waals surface area contributed by atoms with Crippen LogP contribution in [-0.4, -0.2) is 11.8 Å². The Kier molecular flexibility index (Phi) is 6.01. The smallest absolute Gasteiger partial charge is 0.237 e. The molecule has 3 heteroatoms.